The summed E-state index contributed by atoms with van der Waals surface area (Å²) in [5.41, 5.74) is 3.27. The molecule has 0 aliphatic heterocycles. The molecule has 17 heavy (non-hydrogen) atoms. The monoisotopic (exact) mass is 225 g/mol. The number of methoxy groups -OCH3 is 1. The predicted octanol–water partition coefficient (Wildman–Crippen LogP) is 3.75. The zero-order chi connectivity index (χ0) is 12.1. The molecule has 0 spiro atoms. The second-order valence-corrected chi connectivity index (χ2v) is 3.87. The molecule has 0 bridgehead atoms. The van der Waals surface area contributed by atoms with Crippen molar-refractivity contribution in [2.75, 3.05) is 7.11 Å². The van der Waals surface area contributed by atoms with Gasteiger partial charge < -0.3 is 4.74 Å². The minimum absolute atomic E-state index is 0.859. The summed E-state index contributed by atoms with van der Waals surface area (Å²) in [6.45, 7) is 2.07. The Morgan fingerprint density at radius 3 is 2.18 bits per heavy atom. The van der Waals surface area contributed by atoms with Gasteiger partial charge in [-0.3, -0.25) is 4.99 Å². The number of ether oxygens (including phenoxy) is 1. The molecule has 0 saturated heterocycles. The Hall–Kier alpha value is -2.09. The first kappa shape index (κ1) is 11.4. The zero-order valence-electron chi connectivity index (χ0n) is 10.1. The highest BCUT2D eigenvalue weighted by molar-refractivity contribution is 5.82. The fourth-order valence-electron chi connectivity index (χ4n) is 1.47. The zero-order valence-corrected chi connectivity index (χ0v) is 10.1. The lowest BCUT2D eigenvalue weighted by atomic mass is 10.2. The van der Waals surface area contributed by atoms with Crippen LogP contribution in [0.25, 0.3) is 0 Å². The van der Waals surface area contributed by atoms with Crippen molar-refractivity contribution in [3.8, 4) is 5.75 Å². The van der Waals surface area contributed by atoms with Crippen molar-refractivity contribution < 1.29 is 4.74 Å². The molecule has 0 heterocycles. The van der Waals surface area contributed by atoms with Crippen molar-refractivity contribution in [1.82, 2.24) is 0 Å². The summed E-state index contributed by atoms with van der Waals surface area (Å²) in [5, 5.41) is 0. The fraction of sp³-hybridized carbons (Fsp3) is 0.133. The molecule has 0 atom stereocenters. The largest absolute Gasteiger partial charge is 0.497 e. The van der Waals surface area contributed by atoms with Crippen LogP contribution in [0.4, 0.5) is 5.69 Å². The maximum absolute atomic E-state index is 5.10. The average molecular weight is 225 g/mol. The van der Waals surface area contributed by atoms with Crippen molar-refractivity contribution in [3.63, 3.8) is 0 Å². The highest BCUT2D eigenvalue weighted by Gasteiger charge is 1.91. The number of nitrogens with zero attached hydrogens (tertiary/aromatic N) is 1. The number of rotatable bonds is 3. The maximum atomic E-state index is 5.10. The topological polar surface area (TPSA) is 21.6 Å². The number of hydrogen-bond donors (Lipinski definition) is 0. The Morgan fingerprint density at radius 2 is 1.59 bits per heavy atom. The van der Waals surface area contributed by atoms with Gasteiger partial charge in [-0.2, -0.15) is 0 Å². The van der Waals surface area contributed by atoms with Gasteiger partial charge in [0.05, 0.1) is 12.8 Å². The summed E-state index contributed by atoms with van der Waals surface area (Å²) in [6.07, 6.45) is 1.85. The van der Waals surface area contributed by atoms with Crippen LogP contribution in [0.1, 0.15) is 11.1 Å². The molecule has 2 heteroatoms. The molecule has 2 aromatic rings. The van der Waals surface area contributed by atoms with Gasteiger partial charge in [-0.05, 0) is 48.9 Å². The summed E-state index contributed by atoms with van der Waals surface area (Å²) < 4.78 is 5.10. The fourth-order valence-corrected chi connectivity index (χ4v) is 1.47. The van der Waals surface area contributed by atoms with E-state index in [4.69, 9.17) is 4.74 Å². The quantitative estimate of drug-likeness (QED) is 0.729. The van der Waals surface area contributed by atoms with E-state index in [9.17, 15) is 0 Å². The molecular weight excluding hydrogens is 210 g/mol. The van der Waals surface area contributed by atoms with E-state index >= 15 is 0 Å². The van der Waals surface area contributed by atoms with E-state index in [2.05, 4.69) is 24.0 Å². The van der Waals surface area contributed by atoms with Gasteiger partial charge in [0.15, 0.2) is 0 Å². The Kier molecular flexibility index (Phi) is 3.55. The average Bonchev–Trinajstić information content (AvgIpc) is 2.39. The molecule has 0 aromatic heterocycles. The van der Waals surface area contributed by atoms with Crippen LogP contribution in [-0.4, -0.2) is 13.3 Å². The van der Waals surface area contributed by atoms with Crippen LogP contribution in [0.5, 0.6) is 5.75 Å². The van der Waals surface area contributed by atoms with E-state index in [-0.39, 0.29) is 0 Å². The molecule has 0 amide bonds. The SMILES string of the molecule is COc1ccc(/C=N/c2ccc(C)cc2)cc1. The van der Waals surface area contributed by atoms with Crippen LogP contribution < -0.4 is 4.74 Å². The first-order chi connectivity index (χ1) is 8.28. The van der Waals surface area contributed by atoms with Crippen molar-refractivity contribution in [1.29, 1.82) is 0 Å². The Bertz CT molecular complexity index is 497. The van der Waals surface area contributed by atoms with Crippen LogP contribution in [0.2, 0.25) is 0 Å². The Balaban J connectivity index is 2.11. The Labute approximate surface area is 102 Å². The molecule has 0 N–H and O–H groups in total. The van der Waals surface area contributed by atoms with Crippen LogP contribution in [0.15, 0.2) is 53.5 Å². The molecule has 0 fully saturated rings. The van der Waals surface area contributed by atoms with E-state index < -0.39 is 0 Å². The molecule has 2 rings (SSSR count). The maximum Gasteiger partial charge on any atom is 0.118 e. The van der Waals surface area contributed by atoms with Gasteiger partial charge in [0, 0.05) is 6.21 Å². The van der Waals surface area contributed by atoms with E-state index in [0.29, 0.717) is 0 Å². The van der Waals surface area contributed by atoms with E-state index in [1.807, 2.05) is 42.6 Å². The minimum Gasteiger partial charge on any atom is -0.497 e. The summed E-state index contributed by atoms with van der Waals surface area (Å²) in [5.74, 6) is 0.859. The van der Waals surface area contributed by atoms with Crippen LogP contribution >= 0.6 is 0 Å². The van der Waals surface area contributed by atoms with Gasteiger partial charge in [-0.25, -0.2) is 0 Å². The smallest absolute Gasteiger partial charge is 0.118 e. The van der Waals surface area contributed by atoms with Gasteiger partial charge in [0.1, 0.15) is 5.75 Å². The lowest BCUT2D eigenvalue weighted by Gasteiger charge is -1.99. The van der Waals surface area contributed by atoms with Gasteiger partial charge in [0.2, 0.25) is 0 Å². The number of aliphatic imine (C=N–C) groups is 1. The third-order valence-electron chi connectivity index (χ3n) is 2.51. The standard InChI is InChI=1S/C15H15NO/c1-12-3-7-14(8-4-12)16-11-13-5-9-15(17-2)10-6-13/h3-11H,1-2H3/b16-11+. The van der Waals surface area contributed by atoms with Gasteiger partial charge in [0.25, 0.3) is 0 Å². The highest BCUT2D eigenvalue weighted by atomic mass is 16.5. The van der Waals surface area contributed by atoms with E-state index in [0.717, 1.165) is 17.0 Å². The third-order valence-corrected chi connectivity index (χ3v) is 2.51. The lowest BCUT2D eigenvalue weighted by molar-refractivity contribution is 0.415. The second kappa shape index (κ2) is 5.30. The minimum atomic E-state index is 0.859. The van der Waals surface area contributed by atoms with Crippen molar-refractivity contribution in [3.05, 3.63) is 59.7 Å². The third kappa shape index (κ3) is 3.18. The summed E-state index contributed by atoms with van der Waals surface area (Å²) >= 11 is 0. The van der Waals surface area contributed by atoms with Crippen molar-refractivity contribution in [2.45, 2.75) is 6.92 Å². The van der Waals surface area contributed by atoms with Crippen LogP contribution in [0, 0.1) is 6.92 Å². The first-order valence-electron chi connectivity index (χ1n) is 5.53. The highest BCUT2D eigenvalue weighted by Crippen LogP contribution is 2.14. The van der Waals surface area contributed by atoms with Gasteiger partial charge in [-0.1, -0.05) is 17.7 Å². The van der Waals surface area contributed by atoms with Gasteiger partial charge in [-0.15, -0.1) is 0 Å². The summed E-state index contributed by atoms with van der Waals surface area (Å²) in [6, 6.07) is 16.0. The van der Waals surface area contributed by atoms with Crippen molar-refractivity contribution in [2.24, 2.45) is 4.99 Å². The summed E-state index contributed by atoms with van der Waals surface area (Å²) in [7, 11) is 1.66. The van der Waals surface area contributed by atoms with Crippen LogP contribution in [-0.2, 0) is 0 Å². The van der Waals surface area contributed by atoms with E-state index in [1.54, 1.807) is 7.11 Å². The molecule has 0 radical (unpaired) electrons. The molecule has 0 aliphatic carbocycles. The van der Waals surface area contributed by atoms with Crippen LogP contribution in [0.3, 0.4) is 0 Å². The van der Waals surface area contributed by atoms with E-state index in [1.165, 1.54) is 5.56 Å². The first-order valence-corrected chi connectivity index (χ1v) is 5.53. The lowest BCUT2D eigenvalue weighted by Crippen LogP contribution is -1.84. The molecule has 2 nitrogen and oxygen atoms in total. The molecular formula is C15H15NO. The number of aryl methyl sites for hydroxylation is 1. The molecule has 0 saturated carbocycles. The number of hydrogen-bond acceptors (Lipinski definition) is 2. The predicted molar refractivity (Wildman–Crippen MR) is 71.4 cm³/mol. The molecule has 2 aromatic carbocycles. The normalized spacial score (nSPS) is 10.7. The second-order valence-electron chi connectivity index (χ2n) is 3.87. The number of benzene rings is 2. The summed E-state index contributed by atoms with van der Waals surface area (Å²) in [4.78, 5) is 4.41. The molecule has 0 unspecified atom stereocenters. The van der Waals surface area contributed by atoms with Gasteiger partial charge >= 0.3 is 0 Å². The molecule has 0 aliphatic rings. The molecule has 86 valence electrons. The van der Waals surface area contributed by atoms with Crippen molar-refractivity contribution >= 4 is 11.9 Å². The Morgan fingerprint density at radius 1 is 0.941 bits per heavy atom.